The molecule has 0 saturated heterocycles. The van der Waals surface area contributed by atoms with Gasteiger partial charge >= 0.3 is 6.09 Å². The Kier molecular flexibility index (Phi) is 5.79. The molecule has 19 heavy (non-hydrogen) atoms. The van der Waals surface area contributed by atoms with Crippen LogP contribution in [0.1, 0.15) is 32.8 Å². The minimum absolute atomic E-state index is 0.254. The number of hydrogen-bond acceptors (Lipinski definition) is 2. The van der Waals surface area contributed by atoms with Crippen molar-refractivity contribution >= 4 is 27.7 Å². The molecule has 1 rings (SSSR count). The molecule has 1 aromatic carbocycles. The minimum atomic E-state index is -0.553. The van der Waals surface area contributed by atoms with Crippen molar-refractivity contribution in [1.29, 1.82) is 0 Å². The topological polar surface area (TPSA) is 38.3 Å². The summed E-state index contributed by atoms with van der Waals surface area (Å²) in [6.45, 7) is 5.37. The van der Waals surface area contributed by atoms with E-state index in [9.17, 15) is 9.18 Å². The second-order valence-corrected chi connectivity index (χ2v) is 6.02. The number of hydrogen-bond donors (Lipinski definition) is 1. The van der Waals surface area contributed by atoms with Gasteiger partial charge in [0.15, 0.2) is 0 Å². The molecule has 0 aliphatic carbocycles. The second-order valence-electron chi connectivity index (χ2n) is 5.23. The second kappa shape index (κ2) is 6.89. The lowest BCUT2D eigenvalue weighted by molar-refractivity contribution is 0.0636. The summed E-state index contributed by atoms with van der Waals surface area (Å²) in [6, 6.07) is 4.52. The molecule has 0 unspecified atom stereocenters. The van der Waals surface area contributed by atoms with Gasteiger partial charge in [0.05, 0.1) is 0 Å². The third kappa shape index (κ3) is 6.05. The molecule has 0 fully saturated rings. The summed E-state index contributed by atoms with van der Waals surface area (Å²) in [5.41, 5.74) is 0.580. The lowest BCUT2D eigenvalue weighted by Gasteiger charge is -2.19. The molecule has 106 valence electrons. The van der Waals surface area contributed by atoms with Gasteiger partial charge < -0.3 is 4.74 Å². The maximum absolute atomic E-state index is 13.5. The van der Waals surface area contributed by atoms with Gasteiger partial charge in [0.1, 0.15) is 11.4 Å². The van der Waals surface area contributed by atoms with Crippen LogP contribution in [-0.4, -0.2) is 17.0 Å². The molecule has 0 aromatic heterocycles. The van der Waals surface area contributed by atoms with Gasteiger partial charge in [0, 0.05) is 11.0 Å². The highest BCUT2D eigenvalue weighted by Crippen LogP contribution is 2.18. The fourth-order valence-corrected chi connectivity index (χ4v) is 1.80. The normalized spacial score (nSPS) is 11.2. The fourth-order valence-electron chi connectivity index (χ4n) is 1.52. The molecule has 0 aliphatic rings. The first-order valence-corrected chi connectivity index (χ1v) is 7.28. The fraction of sp³-hybridized carbons (Fsp3) is 0.500. The Labute approximate surface area is 121 Å². The average molecular weight is 332 g/mol. The smallest absolute Gasteiger partial charge is 0.412 e. The third-order valence-corrected chi connectivity index (χ3v) is 2.83. The van der Waals surface area contributed by atoms with Gasteiger partial charge in [-0.25, -0.2) is 9.18 Å². The number of aryl methyl sites for hydroxylation is 1. The average Bonchev–Trinajstić information content (AvgIpc) is 2.27. The van der Waals surface area contributed by atoms with Crippen LogP contribution in [0.2, 0.25) is 0 Å². The standard InChI is InChI=1S/C14H19BrFNO2/c1-14(2,3)19-13(18)17-11-6-7-12(16)10(9-11)5-4-8-15/h6-7,9H,4-5,8H2,1-3H3,(H,17,18). The van der Waals surface area contributed by atoms with Gasteiger partial charge in [-0.15, -0.1) is 0 Å². The van der Waals surface area contributed by atoms with Crippen LogP contribution in [0.15, 0.2) is 18.2 Å². The van der Waals surface area contributed by atoms with Crippen LogP contribution in [0.3, 0.4) is 0 Å². The Balaban J connectivity index is 2.71. The molecular formula is C14H19BrFNO2. The third-order valence-electron chi connectivity index (χ3n) is 2.27. The van der Waals surface area contributed by atoms with Crippen molar-refractivity contribution in [2.24, 2.45) is 0 Å². The molecule has 0 spiro atoms. The molecule has 0 saturated carbocycles. The Morgan fingerprint density at radius 1 is 1.42 bits per heavy atom. The number of rotatable bonds is 4. The minimum Gasteiger partial charge on any atom is -0.444 e. The Morgan fingerprint density at radius 2 is 2.11 bits per heavy atom. The summed E-state index contributed by atoms with van der Waals surface area (Å²) in [5.74, 6) is -0.254. The number of anilines is 1. The maximum Gasteiger partial charge on any atom is 0.412 e. The first kappa shape index (κ1) is 16.0. The van der Waals surface area contributed by atoms with E-state index in [1.807, 2.05) is 0 Å². The molecule has 0 bridgehead atoms. The number of carbonyl (C=O) groups excluding carboxylic acids is 1. The number of halogens is 2. The molecule has 0 atom stereocenters. The van der Waals surface area contributed by atoms with E-state index in [4.69, 9.17) is 4.74 Å². The van der Waals surface area contributed by atoms with Crippen molar-refractivity contribution in [3.05, 3.63) is 29.6 Å². The Hall–Kier alpha value is -1.10. The predicted molar refractivity (Wildman–Crippen MR) is 78.4 cm³/mol. The molecule has 0 heterocycles. The van der Waals surface area contributed by atoms with Gasteiger partial charge in [-0.1, -0.05) is 15.9 Å². The van der Waals surface area contributed by atoms with Crippen LogP contribution in [0.25, 0.3) is 0 Å². The molecular weight excluding hydrogens is 313 g/mol. The van der Waals surface area contributed by atoms with Gasteiger partial charge in [-0.3, -0.25) is 5.32 Å². The first-order chi connectivity index (χ1) is 8.81. The number of carbonyl (C=O) groups is 1. The lowest BCUT2D eigenvalue weighted by Crippen LogP contribution is -2.27. The zero-order chi connectivity index (χ0) is 14.5. The summed E-state index contributed by atoms with van der Waals surface area (Å²) >= 11 is 3.31. The Bertz CT molecular complexity index is 444. The van der Waals surface area contributed by atoms with Crippen LogP contribution in [0.5, 0.6) is 0 Å². The van der Waals surface area contributed by atoms with E-state index in [1.54, 1.807) is 26.8 Å². The zero-order valence-electron chi connectivity index (χ0n) is 11.4. The van der Waals surface area contributed by atoms with Gasteiger partial charge in [0.2, 0.25) is 0 Å². The van der Waals surface area contributed by atoms with Crippen molar-refractivity contribution in [2.45, 2.75) is 39.2 Å². The number of benzene rings is 1. The SMILES string of the molecule is CC(C)(C)OC(=O)Nc1ccc(F)c(CCCBr)c1. The molecule has 0 radical (unpaired) electrons. The predicted octanol–water partition coefficient (Wildman–Crippen LogP) is 4.50. The van der Waals surface area contributed by atoms with E-state index in [0.717, 1.165) is 11.8 Å². The number of alkyl halides is 1. The summed E-state index contributed by atoms with van der Waals surface area (Å²) < 4.78 is 18.7. The van der Waals surface area contributed by atoms with Gasteiger partial charge in [-0.2, -0.15) is 0 Å². The highest BCUT2D eigenvalue weighted by atomic mass is 79.9. The van der Waals surface area contributed by atoms with E-state index in [-0.39, 0.29) is 5.82 Å². The summed E-state index contributed by atoms with van der Waals surface area (Å²) in [4.78, 5) is 11.6. The molecule has 1 amide bonds. The van der Waals surface area contributed by atoms with Gasteiger partial charge in [0.25, 0.3) is 0 Å². The highest BCUT2D eigenvalue weighted by Gasteiger charge is 2.16. The van der Waals surface area contributed by atoms with Crippen molar-refractivity contribution in [2.75, 3.05) is 10.6 Å². The molecule has 1 N–H and O–H groups in total. The zero-order valence-corrected chi connectivity index (χ0v) is 13.0. The van der Waals surface area contributed by atoms with E-state index >= 15 is 0 Å². The van der Waals surface area contributed by atoms with Crippen molar-refractivity contribution in [1.82, 2.24) is 0 Å². The Morgan fingerprint density at radius 3 is 2.68 bits per heavy atom. The van der Waals surface area contributed by atoms with E-state index < -0.39 is 11.7 Å². The number of amides is 1. The van der Waals surface area contributed by atoms with Crippen molar-refractivity contribution in [3.8, 4) is 0 Å². The van der Waals surface area contributed by atoms with E-state index in [1.165, 1.54) is 12.1 Å². The van der Waals surface area contributed by atoms with Crippen LogP contribution >= 0.6 is 15.9 Å². The monoisotopic (exact) mass is 331 g/mol. The highest BCUT2D eigenvalue weighted by molar-refractivity contribution is 9.09. The molecule has 5 heteroatoms. The lowest BCUT2D eigenvalue weighted by atomic mass is 10.1. The molecule has 1 aromatic rings. The molecule has 3 nitrogen and oxygen atoms in total. The maximum atomic E-state index is 13.5. The number of nitrogens with one attached hydrogen (secondary N) is 1. The molecule has 0 aliphatic heterocycles. The number of ether oxygens (including phenoxy) is 1. The largest absolute Gasteiger partial charge is 0.444 e. The summed E-state index contributed by atoms with van der Waals surface area (Å²) in [5, 5.41) is 3.42. The summed E-state index contributed by atoms with van der Waals surface area (Å²) in [7, 11) is 0. The van der Waals surface area contributed by atoms with Crippen molar-refractivity contribution < 1.29 is 13.9 Å². The van der Waals surface area contributed by atoms with Gasteiger partial charge in [-0.05, 0) is 57.4 Å². The van der Waals surface area contributed by atoms with Crippen molar-refractivity contribution in [3.63, 3.8) is 0 Å². The van der Waals surface area contributed by atoms with Crippen LogP contribution in [0, 0.1) is 5.82 Å². The quantitative estimate of drug-likeness (QED) is 0.825. The first-order valence-electron chi connectivity index (χ1n) is 6.16. The van der Waals surface area contributed by atoms with Crippen LogP contribution < -0.4 is 5.32 Å². The van der Waals surface area contributed by atoms with Crippen LogP contribution in [0.4, 0.5) is 14.9 Å². The van der Waals surface area contributed by atoms with E-state index in [0.29, 0.717) is 17.7 Å². The van der Waals surface area contributed by atoms with Crippen LogP contribution in [-0.2, 0) is 11.2 Å². The van der Waals surface area contributed by atoms with E-state index in [2.05, 4.69) is 21.2 Å². The summed E-state index contributed by atoms with van der Waals surface area (Å²) in [6.07, 6.45) is 0.929.